The Bertz CT molecular complexity index is 464. The largest absolute Gasteiger partial charge is 0.463 e. The van der Waals surface area contributed by atoms with Crippen LogP contribution < -0.4 is 0 Å². The van der Waals surface area contributed by atoms with Gasteiger partial charge in [-0.15, -0.1) is 0 Å². The molecule has 0 saturated heterocycles. The molecule has 0 unspecified atom stereocenters. The van der Waals surface area contributed by atoms with E-state index in [1.54, 1.807) is 6.08 Å². The summed E-state index contributed by atoms with van der Waals surface area (Å²) in [6, 6.07) is 0. The van der Waals surface area contributed by atoms with Crippen molar-refractivity contribution < 1.29 is 9.53 Å². The first-order valence-electron chi connectivity index (χ1n) is 14.8. The molecular weight excluding hydrogens is 404 g/mol. The highest BCUT2D eigenvalue weighted by molar-refractivity contribution is 5.82. The van der Waals surface area contributed by atoms with Gasteiger partial charge in [-0.05, 0) is 58.3 Å². The molecule has 33 heavy (non-hydrogen) atoms. The second kappa shape index (κ2) is 27.2. The van der Waals surface area contributed by atoms with Crippen LogP contribution in [-0.4, -0.2) is 12.6 Å². The fourth-order valence-electron chi connectivity index (χ4n) is 4.35. The first-order chi connectivity index (χ1) is 16.2. The Hall–Kier alpha value is -1.05. The van der Waals surface area contributed by atoms with Crippen molar-refractivity contribution in [1.82, 2.24) is 0 Å². The van der Waals surface area contributed by atoms with Crippen LogP contribution in [0.3, 0.4) is 0 Å². The van der Waals surface area contributed by atoms with E-state index in [1.807, 2.05) is 6.92 Å². The third-order valence-corrected chi connectivity index (χ3v) is 6.47. The standard InChI is InChI=1S/C31H58O2/c1-4-7-9-11-13-14-15-16-17-18-19-20-22-24-26-28-30(29-31(32)33-6-3)27-25-23-21-12-10-8-5-2/h16-17,29H,4-15,18-28H2,1-3H3/b17-16-,30-29-. The van der Waals surface area contributed by atoms with Crippen molar-refractivity contribution in [2.24, 2.45) is 0 Å². The molecule has 0 radical (unpaired) electrons. The highest BCUT2D eigenvalue weighted by Crippen LogP contribution is 2.19. The monoisotopic (exact) mass is 462 g/mol. The van der Waals surface area contributed by atoms with Crippen LogP contribution in [0.2, 0.25) is 0 Å². The second-order valence-corrected chi connectivity index (χ2v) is 9.76. The van der Waals surface area contributed by atoms with Gasteiger partial charge in [-0.2, -0.15) is 0 Å². The minimum atomic E-state index is -0.150. The third kappa shape index (κ3) is 25.4. The molecule has 0 aliphatic rings. The van der Waals surface area contributed by atoms with Crippen LogP contribution in [0.1, 0.15) is 162 Å². The van der Waals surface area contributed by atoms with Crippen LogP contribution in [0.15, 0.2) is 23.8 Å². The van der Waals surface area contributed by atoms with E-state index in [2.05, 4.69) is 26.0 Å². The molecule has 2 heteroatoms. The van der Waals surface area contributed by atoms with Crippen molar-refractivity contribution in [3.05, 3.63) is 23.8 Å². The van der Waals surface area contributed by atoms with E-state index in [9.17, 15) is 4.79 Å². The summed E-state index contributed by atoms with van der Waals surface area (Å²) in [6.07, 6.45) is 35.2. The van der Waals surface area contributed by atoms with E-state index in [4.69, 9.17) is 4.74 Å². The number of ether oxygens (including phenoxy) is 1. The molecule has 0 rings (SSSR count). The van der Waals surface area contributed by atoms with Gasteiger partial charge in [0.1, 0.15) is 0 Å². The van der Waals surface area contributed by atoms with Crippen LogP contribution in [0.4, 0.5) is 0 Å². The van der Waals surface area contributed by atoms with Gasteiger partial charge < -0.3 is 4.74 Å². The van der Waals surface area contributed by atoms with Gasteiger partial charge in [0, 0.05) is 6.08 Å². The maximum absolute atomic E-state index is 11.9. The minimum Gasteiger partial charge on any atom is -0.463 e. The molecular formula is C31H58O2. The molecule has 0 aromatic rings. The molecule has 0 bridgehead atoms. The smallest absolute Gasteiger partial charge is 0.330 e. The van der Waals surface area contributed by atoms with Gasteiger partial charge in [-0.1, -0.05) is 121 Å². The normalized spacial score (nSPS) is 12.0. The highest BCUT2D eigenvalue weighted by Gasteiger charge is 2.04. The number of unbranched alkanes of at least 4 members (excludes halogenated alkanes) is 17. The Kier molecular flexibility index (Phi) is 26.3. The Morgan fingerprint density at radius 1 is 0.545 bits per heavy atom. The number of esters is 1. The van der Waals surface area contributed by atoms with E-state index < -0.39 is 0 Å². The van der Waals surface area contributed by atoms with Crippen LogP contribution in [0, 0.1) is 0 Å². The molecule has 194 valence electrons. The number of carbonyl (C=O) groups excluding carboxylic acids is 1. The summed E-state index contributed by atoms with van der Waals surface area (Å²) in [5.41, 5.74) is 1.31. The van der Waals surface area contributed by atoms with Crippen LogP contribution >= 0.6 is 0 Å². The van der Waals surface area contributed by atoms with Gasteiger partial charge in [-0.25, -0.2) is 4.79 Å². The number of allylic oxidation sites excluding steroid dienone is 3. The quantitative estimate of drug-likeness (QED) is 0.0583. The number of hydrogen-bond acceptors (Lipinski definition) is 2. The van der Waals surface area contributed by atoms with Crippen molar-refractivity contribution >= 4 is 5.97 Å². The fraction of sp³-hybridized carbons (Fsp3) is 0.839. The molecule has 0 aliphatic heterocycles. The average Bonchev–Trinajstić information content (AvgIpc) is 2.80. The summed E-state index contributed by atoms with van der Waals surface area (Å²) in [7, 11) is 0. The van der Waals surface area contributed by atoms with E-state index >= 15 is 0 Å². The molecule has 0 N–H and O–H groups in total. The van der Waals surface area contributed by atoms with Gasteiger partial charge in [0.2, 0.25) is 0 Å². The Morgan fingerprint density at radius 3 is 1.36 bits per heavy atom. The van der Waals surface area contributed by atoms with Crippen LogP contribution in [0.5, 0.6) is 0 Å². The van der Waals surface area contributed by atoms with E-state index in [-0.39, 0.29) is 5.97 Å². The Morgan fingerprint density at radius 2 is 0.939 bits per heavy atom. The van der Waals surface area contributed by atoms with E-state index in [0.29, 0.717) is 6.61 Å². The van der Waals surface area contributed by atoms with Crippen LogP contribution in [0.25, 0.3) is 0 Å². The van der Waals surface area contributed by atoms with Crippen molar-refractivity contribution in [2.45, 2.75) is 162 Å². The highest BCUT2D eigenvalue weighted by atomic mass is 16.5. The fourth-order valence-corrected chi connectivity index (χ4v) is 4.35. The molecule has 0 fully saturated rings. The summed E-state index contributed by atoms with van der Waals surface area (Å²) in [5, 5.41) is 0. The lowest BCUT2D eigenvalue weighted by molar-refractivity contribution is -0.137. The zero-order valence-electron chi connectivity index (χ0n) is 22.8. The molecule has 0 atom stereocenters. The maximum Gasteiger partial charge on any atom is 0.330 e. The molecule has 0 aliphatic carbocycles. The predicted octanol–water partition coefficient (Wildman–Crippen LogP) is 10.7. The summed E-state index contributed by atoms with van der Waals surface area (Å²) in [5.74, 6) is -0.150. The lowest BCUT2D eigenvalue weighted by atomic mass is 9.99. The zero-order chi connectivity index (χ0) is 24.2. The van der Waals surface area contributed by atoms with Crippen molar-refractivity contribution in [3.63, 3.8) is 0 Å². The molecule has 0 saturated carbocycles. The summed E-state index contributed by atoms with van der Waals surface area (Å²) < 4.78 is 5.15. The lowest BCUT2D eigenvalue weighted by Gasteiger charge is -2.08. The summed E-state index contributed by atoms with van der Waals surface area (Å²) in [4.78, 5) is 11.9. The van der Waals surface area contributed by atoms with Gasteiger partial charge in [0.25, 0.3) is 0 Å². The number of rotatable bonds is 25. The number of hydrogen-bond donors (Lipinski definition) is 0. The van der Waals surface area contributed by atoms with Gasteiger partial charge in [0.05, 0.1) is 6.61 Å². The predicted molar refractivity (Wildman–Crippen MR) is 147 cm³/mol. The van der Waals surface area contributed by atoms with Gasteiger partial charge >= 0.3 is 5.97 Å². The first-order valence-corrected chi connectivity index (χ1v) is 14.8. The number of carbonyl (C=O) groups is 1. The Labute approximate surface area is 208 Å². The molecule has 0 aromatic heterocycles. The molecule has 0 amide bonds. The first kappa shape index (κ1) is 31.9. The van der Waals surface area contributed by atoms with Gasteiger partial charge in [-0.3, -0.25) is 0 Å². The van der Waals surface area contributed by atoms with Crippen molar-refractivity contribution in [1.29, 1.82) is 0 Å². The maximum atomic E-state index is 11.9. The summed E-state index contributed by atoms with van der Waals surface area (Å²) >= 11 is 0. The summed E-state index contributed by atoms with van der Waals surface area (Å²) in [6.45, 7) is 6.89. The minimum absolute atomic E-state index is 0.150. The second-order valence-electron chi connectivity index (χ2n) is 9.76. The topological polar surface area (TPSA) is 26.3 Å². The lowest BCUT2D eigenvalue weighted by Crippen LogP contribution is -2.01. The van der Waals surface area contributed by atoms with Crippen molar-refractivity contribution in [2.75, 3.05) is 6.61 Å². The third-order valence-electron chi connectivity index (χ3n) is 6.47. The molecule has 0 heterocycles. The Balaban J connectivity index is 3.80. The van der Waals surface area contributed by atoms with Gasteiger partial charge in [0.15, 0.2) is 0 Å². The van der Waals surface area contributed by atoms with Crippen LogP contribution in [-0.2, 0) is 9.53 Å². The molecule has 0 aromatic carbocycles. The zero-order valence-corrected chi connectivity index (χ0v) is 22.8. The van der Waals surface area contributed by atoms with Crippen molar-refractivity contribution in [3.8, 4) is 0 Å². The molecule has 0 spiro atoms. The van der Waals surface area contributed by atoms with E-state index in [1.165, 1.54) is 134 Å². The molecule has 2 nitrogen and oxygen atoms in total. The van der Waals surface area contributed by atoms with E-state index in [0.717, 1.165) is 12.8 Å². The SMILES string of the molecule is CCCCCCCC/C=C\CCCCCCC/C(=C\C(=O)OCC)CCCCCCCCC. The average molecular weight is 463 g/mol.